The molecule has 0 aromatic heterocycles. The number of anilines is 1. The van der Waals surface area contributed by atoms with E-state index in [0.717, 1.165) is 42.9 Å². The summed E-state index contributed by atoms with van der Waals surface area (Å²) in [5.41, 5.74) is 10.7. The van der Waals surface area contributed by atoms with Crippen LogP contribution >= 0.6 is 15.9 Å². The number of nitrogens with zero attached hydrogens (tertiary/aromatic N) is 2. The third kappa shape index (κ3) is 4.43. The molecule has 1 fully saturated rings. The van der Waals surface area contributed by atoms with E-state index in [0.29, 0.717) is 0 Å². The number of piperazine rings is 1. The lowest BCUT2D eigenvalue weighted by Crippen LogP contribution is -2.43. The Morgan fingerprint density at radius 3 is 2.40 bits per heavy atom. The predicted octanol–water partition coefficient (Wildman–Crippen LogP) is 4.10. The van der Waals surface area contributed by atoms with Crippen molar-refractivity contribution in [3.63, 3.8) is 0 Å². The zero-order chi connectivity index (χ0) is 18.0. The van der Waals surface area contributed by atoms with Gasteiger partial charge in [-0.2, -0.15) is 0 Å². The normalized spacial score (nSPS) is 17.0. The minimum absolute atomic E-state index is 0.0873. The molecule has 1 aliphatic rings. The van der Waals surface area contributed by atoms with Crippen LogP contribution in [0.1, 0.15) is 30.5 Å². The second-order valence-electron chi connectivity index (χ2n) is 7.68. The highest BCUT2D eigenvalue weighted by molar-refractivity contribution is 9.10. The summed E-state index contributed by atoms with van der Waals surface area (Å²) in [7, 11) is 2.20. The van der Waals surface area contributed by atoms with Crippen molar-refractivity contribution in [1.29, 1.82) is 0 Å². The molecule has 1 saturated heterocycles. The number of hydrogen-bond acceptors (Lipinski definition) is 3. The largest absolute Gasteiger partial charge is 0.399 e. The number of nitrogen functional groups attached to an aromatic ring is 1. The van der Waals surface area contributed by atoms with Gasteiger partial charge in [0.1, 0.15) is 0 Å². The van der Waals surface area contributed by atoms with Crippen LogP contribution in [0.25, 0.3) is 0 Å². The van der Waals surface area contributed by atoms with Crippen molar-refractivity contribution in [2.75, 3.05) is 39.0 Å². The molecule has 0 radical (unpaired) electrons. The van der Waals surface area contributed by atoms with Gasteiger partial charge in [0.25, 0.3) is 0 Å². The number of benzene rings is 2. The van der Waals surface area contributed by atoms with Crippen LogP contribution in [0.3, 0.4) is 0 Å². The molecule has 0 aliphatic carbocycles. The van der Waals surface area contributed by atoms with Gasteiger partial charge in [-0.1, -0.05) is 54.0 Å². The van der Waals surface area contributed by atoms with Crippen molar-refractivity contribution >= 4 is 21.6 Å². The van der Waals surface area contributed by atoms with E-state index >= 15 is 0 Å². The summed E-state index contributed by atoms with van der Waals surface area (Å²) in [4.78, 5) is 4.94. The van der Waals surface area contributed by atoms with Crippen LogP contribution in [0.4, 0.5) is 5.69 Å². The minimum Gasteiger partial charge on any atom is -0.399 e. The summed E-state index contributed by atoms with van der Waals surface area (Å²) in [5.74, 6) is 0. The van der Waals surface area contributed by atoms with Gasteiger partial charge in [-0.15, -0.1) is 0 Å². The molecule has 2 N–H and O–H groups in total. The number of likely N-dealkylation sites (N-methyl/N-ethyl adjacent to an activating group) is 1. The van der Waals surface area contributed by atoms with E-state index in [9.17, 15) is 0 Å². The Kier molecular flexibility index (Phi) is 5.52. The Morgan fingerprint density at radius 2 is 1.72 bits per heavy atom. The van der Waals surface area contributed by atoms with E-state index in [-0.39, 0.29) is 5.41 Å². The van der Waals surface area contributed by atoms with Crippen molar-refractivity contribution < 1.29 is 0 Å². The molecule has 2 aromatic carbocycles. The molecular formula is C21H28BrN3. The predicted molar refractivity (Wildman–Crippen MR) is 110 cm³/mol. The second-order valence-corrected chi connectivity index (χ2v) is 8.59. The third-order valence-corrected chi connectivity index (χ3v) is 5.75. The molecule has 3 nitrogen and oxygen atoms in total. The standard InChI is InChI=1S/C21H28BrN3/c1-21(2,18-12-19(22)14-20(23)13-18)17-6-4-5-16(11-17)15-25-9-7-24(3)8-10-25/h4-6,11-14H,7-10,15,23H2,1-3H3. The average molecular weight is 402 g/mol. The maximum Gasteiger partial charge on any atom is 0.0328 e. The first-order valence-electron chi connectivity index (χ1n) is 8.91. The summed E-state index contributed by atoms with van der Waals surface area (Å²) in [6.07, 6.45) is 0. The highest BCUT2D eigenvalue weighted by atomic mass is 79.9. The summed E-state index contributed by atoms with van der Waals surface area (Å²) >= 11 is 3.57. The summed E-state index contributed by atoms with van der Waals surface area (Å²) in [6, 6.07) is 15.2. The molecule has 1 aliphatic heterocycles. The zero-order valence-electron chi connectivity index (χ0n) is 15.4. The molecule has 2 aromatic rings. The Hall–Kier alpha value is -1.36. The maximum atomic E-state index is 6.06. The van der Waals surface area contributed by atoms with Crippen LogP contribution in [0.2, 0.25) is 0 Å². The fraction of sp³-hybridized carbons (Fsp3) is 0.429. The number of nitrogens with two attached hydrogens (primary N) is 1. The molecule has 0 spiro atoms. The van der Waals surface area contributed by atoms with Gasteiger partial charge in [-0.3, -0.25) is 4.90 Å². The van der Waals surface area contributed by atoms with Gasteiger partial charge < -0.3 is 10.6 Å². The Bertz CT molecular complexity index is 713. The van der Waals surface area contributed by atoms with Crippen LogP contribution in [0.15, 0.2) is 46.9 Å². The first-order chi connectivity index (χ1) is 11.8. The van der Waals surface area contributed by atoms with Crippen molar-refractivity contribution in [2.45, 2.75) is 25.8 Å². The van der Waals surface area contributed by atoms with E-state index in [1.807, 2.05) is 6.07 Å². The van der Waals surface area contributed by atoms with Crippen LogP contribution in [0, 0.1) is 0 Å². The second kappa shape index (κ2) is 7.48. The maximum absolute atomic E-state index is 6.06. The van der Waals surface area contributed by atoms with E-state index in [1.54, 1.807) is 0 Å². The Morgan fingerprint density at radius 1 is 1.00 bits per heavy atom. The summed E-state index contributed by atoms with van der Waals surface area (Å²) in [6.45, 7) is 10.2. The Labute approximate surface area is 159 Å². The monoisotopic (exact) mass is 401 g/mol. The highest BCUT2D eigenvalue weighted by Crippen LogP contribution is 2.34. The van der Waals surface area contributed by atoms with Gasteiger partial charge in [0, 0.05) is 48.3 Å². The number of hydrogen-bond donors (Lipinski definition) is 1. The van der Waals surface area contributed by atoms with Gasteiger partial charge in [0.2, 0.25) is 0 Å². The number of halogens is 1. The first kappa shape index (κ1) is 18.4. The molecule has 134 valence electrons. The molecule has 4 heteroatoms. The third-order valence-electron chi connectivity index (χ3n) is 5.29. The van der Waals surface area contributed by atoms with E-state index in [2.05, 4.69) is 83.0 Å². The molecule has 0 saturated carbocycles. The van der Waals surface area contributed by atoms with Gasteiger partial charge in [-0.25, -0.2) is 0 Å². The fourth-order valence-electron chi connectivity index (χ4n) is 3.46. The highest BCUT2D eigenvalue weighted by Gasteiger charge is 2.24. The van der Waals surface area contributed by atoms with Gasteiger partial charge in [0.05, 0.1) is 0 Å². The van der Waals surface area contributed by atoms with Gasteiger partial charge in [0.15, 0.2) is 0 Å². The Balaban J connectivity index is 1.82. The lowest BCUT2D eigenvalue weighted by atomic mass is 9.77. The van der Waals surface area contributed by atoms with Crippen LogP contribution in [-0.2, 0) is 12.0 Å². The molecular weight excluding hydrogens is 374 g/mol. The first-order valence-corrected chi connectivity index (χ1v) is 9.71. The SMILES string of the molecule is CN1CCN(Cc2cccc(C(C)(C)c3cc(N)cc(Br)c3)c2)CC1. The molecule has 0 atom stereocenters. The quantitative estimate of drug-likeness (QED) is 0.782. The fourth-order valence-corrected chi connectivity index (χ4v) is 3.97. The van der Waals surface area contributed by atoms with Crippen molar-refractivity contribution in [2.24, 2.45) is 0 Å². The van der Waals surface area contributed by atoms with Crippen molar-refractivity contribution in [1.82, 2.24) is 9.80 Å². The molecule has 1 heterocycles. The van der Waals surface area contributed by atoms with E-state index in [1.165, 1.54) is 16.7 Å². The summed E-state index contributed by atoms with van der Waals surface area (Å²) in [5, 5.41) is 0. The smallest absolute Gasteiger partial charge is 0.0328 e. The lowest BCUT2D eigenvalue weighted by molar-refractivity contribution is 0.148. The van der Waals surface area contributed by atoms with Gasteiger partial charge >= 0.3 is 0 Å². The minimum atomic E-state index is -0.0873. The molecule has 0 bridgehead atoms. The molecule has 0 unspecified atom stereocenters. The number of rotatable bonds is 4. The zero-order valence-corrected chi connectivity index (χ0v) is 17.0. The molecule has 3 rings (SSSR count). The average Bonchev–Trinajstić information content (AvgIpc) is 2.56. The molecule has 25 heavy (non-hydrogen) atoms. The van der Waals surface area contributed by atoms with Crippen LogP contribution in [0.5, 0.6) is 0 Å². The van der Waals surface area contributed by atoms with Crippen molar-refractivity contribution in [3.05, 3.63) is 63.6 Å². The topological polar surface area (TPSA) is 32.5 Å². The molecule has 0 amide bonds. The van der Waals surface area contributed by atoms with Crippen molar-refractivity contribution in [3.8, 4) is 0 Å². The lowest BCUT2D eigenvalue weighted by Gasteiger charge is -2.33. The van der Waals surface area contributed by atoms with Crippen LogP contribution < -0.4 is 5.73 Å². The van der Waals surface area contributed by atoms with E-state index in [4.69, 9.17) is 5.73 Å². The summed E-state index contributed by atoms with van der Waals surface area (Å²) < 4.78 is 1.03. The van der Waals surface area contributed by atoms with Gasteiger partial charge in [-0.05, 0) is 41.9 Å². The van der Waals surface area contributed by atoms with E-state index < -0.39 is 0 Å². The van der Waals surface area contributed by atoms with Crippen LogP contribution in [-0.4, -0.2) is 43.0 Å².